The molecule has 180 valence electrons. The molecule has 6 nitrogen and oxygen atoms in total. The van der Waals surface area contributed by atoms with Gasteiger partial charge in [-0.1, -0.05) is 23.7 Å². The Morgan fingerprint density at radius 3 is 2.48 bits per heavy atom. The largest absolute Gasteiger partial charge is 0.496 e. The summed E-state index contributed by atoms with van der Waals surface area (Å²) in [6.45, 7) is 2.26. The fraction of sp³-hybridized carbons (Fsp3) is 0.435. The number of nitrogens with one attached hydrogen (secondary N) is 1. The first kappa shape index (κ1) is 25.1. The highest BCUT2D eigenvalue weighted by molar-refractivity contribution is 6.33. The molecule has 0 radical (unpaired) electrons. The lowest BCUT2D eigenvalue weighted by Crippen LogP contribution is -2.40. The van der Waals surface area contributed by atoms with Crippen LogP contribution in [0, 0.1) is 5.92 Å². The number of carbonyl (C=O) groups is 1. The predicted molar refractivity (Wildman–Crippen MR) is 120 cm³/mol. The molecule has 1 fully saturated rings. The molecule has 4 N–H and O–H groups in total. The molecule has 1 saturated heterocycles. The van der Waals surface area contributed by atoms with Crippen molar-refractivity contribution in [3.63, 3.8) is 0 Å². The van der Waals surface area contributed by atoms with Crippen molar-refractivity contribution < 1.29 is 27.8 Å². The molecular weight excluding hydrogens is 459 g/mol. The maximum Gasteiger partial charge on any atom is 0.416 e. The Bertz CT molecular complexity index is 962. The van der Waals surface area contributed by atoms with Crippen LogP contribution in [0.25, 0.3) is 0 Å². The number of rotatable bonds is 7. The monoisotopic (exact) mass is 485 g/mol. The number of piperidine rings is 1. The number of aliphatic hydroxyl groups is 1. The zero-order valence-electron chi connectivity index (χ0n) is 18.2. The molecule has 0 bridgehead atoms. The van der Waals surface area contributed by atoms with Crippen molar-refractivity contribution in [2.45, 2.75) is 25.1 Å². The summed E-state index contributed by atoms with van der Waals surface area (Å²) in [5.74, 6) is 0.319. The predicted octanol–water partition coefficient (Wildman–Crippen LogP) is 4.13. The van der Waals surface area contributed by atoms with E-state index in [1.54, 1.807) is 0 Å². The molecule has 1 heterocycles. The van der Waals surface area contributed by atoms with E-state index in [1.807, 2.05) is 0 Å². The van der Waals surface area contributed by atoms with Crippen LogP contribution in [-0.4, -0.2) is 49.2 Å². The number of hydrogen-bond acceptors (Lipinski definition) is 5. The number of methoxy groups -OCH3 is 1. The highest BCUT2D eigenvalue weighted by atomic mass is 35.5. The average Bonchev–Trinajstić information content (AvgIpc) is 2.79. The van der Waals surface area contributed by atoms with Crippen molar-refractivity contribution in [2.75, 3.05) is 39.0 Å². The highest BCUT2D eigenvalue weighted by Crippen LogP contribution is 2.31. The molecular formula is C23H27ClF3N3O3. The number of benzene rings is 2. The van der Waals surface area contributed by atoms with Crippen LogP contribution < -0.4 is 15.8 Å². The molecule has 0 saturated carbocycles. The second kappa shape index (κ2) is 10.6. The van der Waals surface area contributed by atoms with Gasteiger partial charge in [0.25, 0.3) is 5.91 Å². The summed E-state index contributed by atoms with van der Waals surface area (Å²) in [6.07, 6.45) is -3.63. The number of halogens is 4. The number of anilines is 1. The molecule has 1 aliphatic heterocycles. The van der Waals surface area contributed by atoms with Crippen LogP contribution in [0.4, 0.5) is 18.9 Å². The van der Waals surface area contributed by atoms with Crippen LogP contribution in [0.5, 0.6) is 5.75 Å². The van der Waals surface area contributed by atoms with Gasteiger partial charge in [0, 0.05) is 19.2 Å². The summed E-state index contributed by atoms with van der Waals surface area (Å²) in [5, 5.41) is 13.6. The fourth-order valence-corrected chi connectivity index (χ4v) is 4.03. The Balaban J connectivity index is 1.46. The van der Waals surface area contributed by atoms with Crippen molar-refractivity contribution in [3.8, 4) is 5.75 Å². The van der Waals surface area contributed by atoms with E-state index in [2.05, 4.69) is 10.2 Å². The van der Waals surface area contributed by atoms with Crippen molar-refractivity contribution in [1.29, 1.82) is 0 Å². The summed E-state index contributed by atoms with van der Waals surface area (Å²) in [6, 6.07) is 7.59. The topological polar surface area (TPSA) is 87.8 Å². The van der Waals surface area contributed by atoms with E-state index in [-0.39, 0.29) is 16.8 Å². The lowest BCUT2D eigenvalue weighted by molar-refractivity contribution is -0.137. The minimum absolute atomic E-state index is 0.267. The van der Waals surface area contributed by atoms with Crippen LogP contribution in [0.15, 0.2) is 36.4 Å². The number of aliphatic hydroxyl groups excluding tert-OH is 1. The minimum atomic E-state index is -4.40. The molecule has 33 heavy (non-hydrogen) atoms. The van der Waals surface area contributed by atoms with Gasteiger partial charge in [-0.2, -0.15) is 13.2 Å². The molecule has 1 atom stereocenters. The van der Waals surface area contributed by atoms with Crippen molar-refractivity contribution >= 4 is 23.2 Å². The van der Waals surface area contributed by atoms with Gasteiger partial charge in [0.2, 0.25) is 0 Å². The first-order valence-electron chi connectivity index (χ1n) is 10.6. The maximum atomic E-state index is 12.7. The number of carbonyl (C=O) groups excluding carboxylic acids is 1. The van der Waals surface area contributed by atoms with Crippen molar-refractivity contribution in [2.24, 2.45) is 5.92 Å². The number of nitrogens with two attached hydrogens (primary N) is 1. The van der Waals surface area contributed by atoms with E-state index < -0.39 is 17.8 Å². The quantitative estimate of drug-likeness (QED) is 0.513. The smallest absolute Gasteiger partial charge is 0.416 e. The second-order valence-electron chi connectivity index (χ2n) is 8.16. The third kappa shape index (κ3) is 6.52. The Hall–Kier alpha value is -2.49. The van der Waals surface area contributed by atoms with E-state index in [4.69, 9.17) is 22.1 Å². The van der Waals surface area contributed by atoms with Crippen LogP contribution in [0.3, 0.4) is 0 Å². The molecule has 1 aliphatic rings. The molecule has 3 rings (SSSR count). The zero-order chi connectivity index (χ0) is 24.2. The Morgan fingerprint density at radius 1 is 1.27 bits per heavy atom. The number of nitrogen functional groups attached to an aromatic ring is 1. The molecule has 2 aromatic rings. The molecule has 0 aromatic heterocycles. The van der Waals surface area contributed by atoms with Crippen LogP contribution >= 0.6 is 11.6 Å². The van der Waals surface area contributed by atoms with Gasteiger partial charge in [0.1, 0.15) is 5.75 Å². The summed E-state index contributed by atoms with van der Waals surface area (Å²) < 4.78 is 43.3. The summed E-state index contributed by atoms with van der Waals surface area (Å²) >= 11 is 6.03. The van der Waals surface area contributed by atoms with E-state index in [9.17, 15) is 23.1 Å². The van der Waals surface area contributed by atoms with Gasteiger partial charge in [0.05, 0.1) is 35.1 Å². The van der Waals surface area contributed by atoms with Gasteiger partial charge >= 0.3 is 6.18 Å². The van der Waals surface area contributed by atoms with Crippen molar-refractivity contribution in [1.82, 2.24) is 10.2 Å². The average molecular weight is 486 g/mol. The number of hydrogen-bond donors (Lipinski definition) is 3. The maximum absolute atomic E-state index is 12.7. The molecule has 1 unspecified atom stereocenters. The fourth-order valence-electron chi connectivity index (χ4n) is 3.87. The van der Waals surface area contributed by atoms with E-state index >= 15 is 0 Å². The second-order valence-corrected chi connectivity index (χ2v) is 8.57. The zero-order valence-corrected chi connectivity index (χ0v) is 18.9. The number of likely N-dealkylation sites (tertiary alicyclic amines) is 1. The number of alkyl halides is 3. The molecule has 2 aromatic carbocycles. The molecule has 10 heteroatoms. The van der Waals surface area contributed by atoms with Crippen LogP contribution in [0.2, 0.25) is 5.02 Å². The SMILES string of the molecule is COc1cc(N)c(Cl)cc1C(=O)NCC1CCN(CC(O)c2ccc(C(F)(F)F)cc2)CC1. The van der Waals surface area contributed by atoms with Gasteiger partial charge in [-0.25, -0.2) is 0 Å². The first-order chi connectivity index (χ1) is 15.6. The van der Waals surface area contributed by atoms with Gasteiger partial charge in [0.15, 0.2) is 0 Å². The van der Waals surface area contributed by atoms with Crippen molar-refractivity contribution in [3.05, 3.63) is 58.1 Å². The lowest BCUT2D eigenvalue weighted by atomic mass is 9.96. The van der Waals surface area contributed by atoms with Gasteiger partial charge in [-0.3, -0.25) is 4.79 Å². The lowest BCUT2D eigenvalue weighted by Gasteiger charge is -2.33. The molecule has 0 aliphatic carbocycles. The van der Waals surface area contributed by atoms with E-state index in [1.165, 1.54) is 31.4 Å². The Labute approximate surface area is 195 Å². The highest BCUT2D eigenvalue weighted by Gasteiger charge is 2.30. The standard InChI is InChI=1S/C23H27ClF3N3O3/c1-33-21-11-19(28)18(24)10-17(21)22(32)29-12-14-6-8-30(9-7-14)13-20(31)15-2-4-16(5-3-15)23(25,26)27/h2-5,10-11,14,20,31H,6-9,12-13,28H2,1H3,(H,29,32). The number of β-amino-alcohol motifs (C(OH)–C–C–N with tert-alkyl or cyclic N) is 1. The van der Waals surface area contributed by atoms with Gasteiger partial charge in [-0.15, -0.1) is 0 Å². The minimum Gasteiger partial charge on any atom is -0.496 e. The van der Waals surface area contributed by atoms with Crippen LogP contribution in [-0.2, 0) is 6.18 Å². The summed E-state index contributed by atoms with van der Waals surface area (Å²) in [4.78, 5) is 14.7. The van der Waals surface area contributed by atoms with Crippen LogP contribution in [0.1, 0.15) is 40.4 Å². The number of amides is 1. The Kier molecular flexibility index (Phi) is 8.10. The third-order valence-electron chi connectivity index (χ3n) is 5.88. The third-order valence-corrected chi connectivity index (χ3v) is 6.20. The molecule has 1 amide bonds. The summed E-state index contributed by atoms with van der Waals surface area (Å²) in [5.41, 5.74) is 6.11. The Morgan fingerprint density at radius 2 is 1.91 bits per heavy atom. The van der Waals surface area contributed by atoms with Gasteiger partial charge in [-0.05, 0) is 55.6 Å². The summed E-state index contributed by atoms with van der Waals surface area (Å²) in [7, 11) is 1.45. The number of nitrogens with zero attached hydrogens (tertiary/aromatic N) is 1. The first-order valence-corrected chi connectivity index (χ1v) is 10.9. The number of ether oxygens (including phenoxy) is 1. The molecule has 0 spiro atoms. The van der Waals surface area contributed by atoms with E-state index in [0.717, 1.165) is 38.1 Å². The normalized spacial score (nSPS) is 16.4. The van der Waals surface area contributed by atoms with Gasteiger partial charge < -0.3 is 25.8 Å². The van der Waals surface area contributed by atoms with E-state index in [0.29, 0.717) is 35.7 Å².